The summed E-state index contributed by atoms with van der Waals surface area (Å²) in [5.74, 6) is -0.0881. The van der Waals surface area contributed by atoms with E-state index in [1.165, 1.54) is 4.31 Å². The fourth-order valence-corrected chi connectivity index (χ4v) is 5.60. The van der Waals surface area contributed by atoms with Crippen LogP contribution in [0.25, 0.3) is 10.9 Å². The standard InChI is InChI=1S/C23H25N3O3S/c1-4-25(5-2)30(28,29)18-10-11-22-17(15-18)12-13-26(22)23(27)20-14-16(3)24-21-9-7-6-8-19(20)21/h6-11,14-15H,4-5,12-13H2,1-3H3. The van der Waals surface area contributed by atoms with Crippen LogP contribution < -0.4 is 4.90 Å². The van der Waals surface area contributed by atoms with Gasteiger partial charge in [-0.05, 0) is 49.2 Å². The number of hydrogen-bond donors (Lipinski definition) is 0. The van der Waals surface area contributed by atoms with E-state index in [4.69, 9.17) is 0 Å². The van der Waals surface area contributed by atoms with Crippen LogP contribution in [0, 0.1) is 6.92 Å². The molecule has 0 radical (unpaired) electrons. The van der Waals surface area contributed by atoms with Crippen LogP contribution in [0.5, 0.6) is 0 Å². The number of benzene rings is 2. The number of anilines is 1. The van der Waals surface area contributed by atoms with E-state index in [2.05, 4.69) is 4.98 Å². The Bertz CT molecular complexity index is 1230. The zero-order valence-corrected chi connectivity index (χ0v) is 18.2. The van der Waals surface area contributed by atoms with Crippen molar-refractivity contribution in [2.24, 2.45) is 0 Å². The van der Waals surface area contributed by atoms with E-state index < -0.39 is 10.0 Å². The van der Waals surface area contributed by atoms with Crippen molar-refractivity contribution in [2.45, 2.75) is 32.1 Å². The SMILES string of the molecule is CCN(CC)S(=O)(=O)c1ccc2c(c1)CCN2C(=O)c1cc(C)nc2ccccc12. The van der Waals surface area contributed by atoms with Crippen LogP contribution in [0.15, 0.2) is 53.4 Å². The van der Waals surface area contributed by atoms with Gasteiger partial charge in [0.15, 0.2) is 0 Å². The lowest BCUT2D eigenvalue weighted by Crippen LogP contribution is -2.31. The molecule has 2 heterocycles. The Kier molecular flexibility index (Phi) is 5.34. The second-order valence-electron chi connectivity index (χ2n) is 7.41. The van der Waals surface area contributed by atoms with E-state index >= 15 is 0 Å². The van der Waals surface area contributed by atoms with Gasteiger partial charge in [0.1, 0.15) is 0 Å². The molecule has 1 aromatic heterocycles. The number of aryl methyl sites for hydroxylation is 1. The molecule has 2 aromatic carbocycles. The molecule has 30 heavy (non-hydrogen) atoms. The summed E-state index contributed by atoms with van der Waals surface area (Å²) in [6.07, 6.45) is 0.630. The van der Waals surface area contributed by atoms with Gasteiger partial charge in [0, 0.05) is 36.4 Å². The van der Waals surface area contributed by atoms with Gasteiger partial charge in [-0.15, -0.1) is 0 Å². The van der Waals surface area contributed by atoms with Gasteiger partial charge < -0.3 is 4.90 Å². The first-order valence-electron chi connectivity index (χ1n) is 10.2. The number of carbonyl (C=O) groups excluding carboxylic acids is 1. The maximum atomic E-state index is 13.4. The zero-order chi connectivity index (χ0) is 21.5. The van der Waals surface area contributed by atoms with Gasteiger partial charge >= 0.3 is 0 Å². The first-order chi connectivity index (χ1) is 14.4. The number of hydrogen-bond acceptors (Lipinski definition) is 4. The molecule has 0 fully saturated rings. The number of carbonyl (C=O) groups is 1. The Labute approximate surface area is 177 Å². The van der Waals surface area contributed by atoms with Gasteiger partial charge in [-0.1, -0.05) is 32.0 Å². The van der Waals surface area contributed by atoms with Crippen molar-refractivity contribution in [1.29, 1.82) is 0 Å². The van der Waals surface area contributed by atoms with Gasteiger partial charge in [-0.2, -0.15) is 4.31 Å². The van der Waals surface area contributed by atoms with Crippen molar-refractivity contribution in [2.75, 3.05) is 24.5 Å². The molecule has 0 spiro atoms. The molecule has 4 rings (SSSR count). The first-order valence-corrected chi connectivity index (χ1v) is 11.6. The Morgan fingerprint density at radius 2 is 1.83 bits per heavy atom. The van der Waals surface area contributed by atoms with E-state index in [9.17, 15) is 13.2 Å². The van der Waals surface area contributed by atoms with E-state index in [-0.39, 0.29) is 10.8 Å². The van der Waals surface area contributed by atoms with Gasteiger partial charge in [-0.25, -0.2) is 8.42 Å². The topological polar surface area (TPSA) is 70.6 Å². The summed E-state index contributed by atoms with van der Waals surface area (Å²) in [6.45, 7) is 6.92. The minimum Gasteiger partial charge on any atom is -0.308 e. The molecule has 0 saturated carbocycles. The maximum absolute atomic E-state index is 13.4. The summed E-state index contributed by atoms with van der Waals surface area (Å²) < 4.78 is 27.2. The third-order valence-electron chi connectivity index (χ3n) is 5.61. The minimum absolute atomic E-state index is 0.0881. The van der Waals surface area contributed by atoms with Crippen molar-refractivity contribution in [3.05, 3.63) is 65.4 Å². The summed E-state index contributed by atoms with van der Waals surface area (Å²) in [6, 6.07) is 14.5. The maximum Gasteiger partial charge on any atom is 0.259 e. The monoisotopic (exact) mass is 423 g/mol. The summed E-state index contributed by atoms with van der Waals surface area (Å²) in [5.41, 5.74) is 3.85. The number of para-hydroxylation sites is 1. The van der Waals surface area contributed by atoms with Gasteiger partial charge in [0.05, 0.1) is 16.0 Å². The van der Waals surface area contributed by atoms with Crippen LogP contribution >= 0.6 is 0 Å². The highest BCUT2D eigenvalue weighted by atomic mass is 32.2. The third-order valence-corrected chi connectivity index (χ3v) is 7.66. The van der Waals surface area contributed by atoms with E-state index in [1.807, 2.05) is 51.1 Å². The Morgan fingerprint density at radius 3 is 2.57 bits per heavy atom. The van der Waals surface area contributed by atoms with Crippen molar-refractivity contribution < 1.29 is 13.2 Å². The molecule has 7 heteroatoms. The first kappa shape index (κ1) is 20.5. The average molecular weight is 424 g/mol. The molecule has 6 nitrogen and oxygen atoms in total. The number of sulfonamides is 1. The molecular formula is C23H25N3O3S. The lowest BCUT2D eigenvalue weighted by Gasteiger charge is -2.21. The van der Waals surface area contributed by atoms with Crippen molar-refractivity contribution in [1.82, 2.24) is 9.29 Å². The fraction of sp³-hybridized carbons (Fsp3) is 0.304. The number of fused-ring (bicyclic) bond motifs is 2. The predicted molar refractivity (Wildman–Crippen MR) is 118 cm³/mol. The minimum atomic E-state index is -3.53. The van der Waals surface area contributed by atoms with Gasteiger partial charge in [0.25, 0.3) is 5.91 Å². The highest BCUT2D eigenvalue weighted by Crippen LogP contribution is 2.33. The van der Waals surface area contributed by atoms with E-state index in [1.54, 1.807) is 23.1 Å². The molecule has 1 aliphatic heterocycles. The Morgan fingerprint density at radius 1 is 1.10 bits per heavy atom. The summed E-state index contributed by atoms with van der Waals surface area (Å²) >= 11 is 0. The molecule has 0 bridgehead atoms. The van der Waals surface area contributed by atoms with Crippen LogP contribution in [-0.4, -0.2) is 43.2 Å². The summed E-state index contributed by atoms with van der Waals surface area (Å²) in [5, 5.41) is 0.822. The largest absolute Gasteiger partial charge is 0.308 e. The van der Waals surface area contributed by atoms with E-state index in [0.29, 0.717) is 31.6 Å². The molecule has 0 saturated heterocycles. The molecule has 0 N–H and O–H groups in total. The Hall–Kier alpha value is -2.77. The van der Waals surface area contributed by atoms with Gasteiger partial charge in [0.2, 0.25) is 10.0 Å². The fourth-order valence-electron chi connectivity index (χ4n) is 4.09. The van der Waals surface area contributed by atoms with Crippen LogP contribution in [-0.2, 0) is 16.4 Å². The molecule has 1 aliphatic rings. The van der Waals surface area contributed by atoms with Crippen LogP contribution in [0.4, 0.5) is 5.69 Å². The van der Waals surface area contributed by atoms with Crippen molar-refractivity contribution in [3.63, 3.8) is 0 Å². The van der Waals surface area contributed by atoms with Crippen LogP contribution in [0.2, 0.25) is 0 Å². The molecule has 156 valence electrons. The van der Waals surface area contributed by atoms with E-state index in [0.717, 1.165) is 27.8 Å². The molecule has 0 atom stereocenters. The smallest absolute Gasteiger partial charge is 0.259 e. The number of rotatable bonds is 5. The lowest BCUT2D eigenvalue weighted by molar-refractivity contribution is 0.0991. The lowest BCUT2D eigenvalue weighted by atomic mass is 10.1. The van der Waals surface area contributed by atoms with Crippen molar-refractivity contribution in [3.8, 4) is 0 Å². The normalized spacial score (nSPS) is 13.8. The highest BCUT2D eigenvalue weighted by molar-refractivity contribution is 7.89. The number of pyridine rings is 1. The summed E-state index contributed by atoms with van der Waals surface area (Å²) in [7, 11) is -3.53. The third kappa shape index (κ3) is 3.38. The molecule has 1 amide bonds. The number of nitrogens with zero attached hydrogens (tertiary/aromatic N) is 3. The molecule has 0 unspecified atom stereocenters. The highest BCUT2D eigenvalue weighted by Gasteiger charge is 2.29. The Balaban J connectivity index is 1.72. The average Bonchev–Trinajstić information content (AvgIpc) is 3.16. The predicted octanol–water partition coefficient (Wildman–Crippen LogP) is 3.78. The van der Waals surface area contributed by atoms with Crippen LogP contribution in [0.1, 0.15) is 35.5 Å². The number of amides is 1. The van der Waals surface area contributed by atoms with Crippen LogP contribution in [0.3, 0.4) is 0 Å². The molecule has 0 aliphatic carbocycles. The van der Waals surface area contributed by atoms with Gasteiger partial charge in [-0.3, -0.25) is 9.78 Å². The molecule has 3 aromatic rings. The quantitative estimate of drug-likeness (QED) is 0.626. The summed E-state index contributed by atoms with van der Waals surface area (Å²) in [4.78, 5) is 20.0. The second kappa shape index (κ2) is 7.81. The zero-order valence-electron chi connectivity index (χ0n) is 17.4. The molecular weight excluding hydrogens is 398 g/mol. The van der Waals surface area contributed by atoms with Crippen molar-refractivity contribution >= 4 is 32.5 Å². The number of aromatic nitrogens is 1. The second-order valence-corrected chi connectivity index (χ2v) is 9.35.